The maximum absolute atomic E-state index is 12.2. The van der Waals surface area contributed by atoms with E-state index >= 15 is 0 Å². The number of hydrogen-bond acceptors (Lipinski definition) is 5. The second kappa shape index (κ2) is 6.76. The normalized spacial score (nSPS) is 25.5. The van der Waals surface area contributed by atoms with Crippen molar-refractivity contribution in [1.82, 2.24) is 9.80 Å². The molecule has 2 heterocycles. The van der Waals surface area contributed by atoms with Crippen molar-refractivity contribution in [2.75, 3.05) is 26.7 Å². The van der Waals surface area contributed by atoms with Crippen LogP contribution in [-0.4, -0.2) is 66.2 Å². The molecule has 0 radical (unpaired) electrons. The number of piperidine rings is 1. The molecular weight excluding hydrogens is 300 g/mol. The minimum Gasteiger partial charge on any atom is -0.469 e. The first-order chi connectivity index (χ1) is 10.7. The van der Waals surface area contributed by atoms with Crippen molar-refractivity contribution in [2.45, 2.75) is 51.7 Å². The molecule has 0 bridgehead atoms. The molecule has 0 aromatic carbocycles. The molecule has 2 fully saturated rings. The van der Waals surface area contributed by atoms with Crippen LogP contribution in [0.25, 0.3) is 0 Å². The number of rotatable bonds is 2. The number of ether oxygens (including phenoxy) is 2. The molecule has 23 heavy (non-hydrogen) atoms. The summed E-state index contributed by atoms with van der Waals surface area (Å²) in [5.41, 5.74) is -0.538. The van der Waals surface area contributed by atoms with Gasteiger partial charge in [-0.2, -0.15) is 0 Å². The molecule has 0 aliphatic carbocycles. The Hall–Kier alpha value is -1.79. The van der Waals surface area contributed by atoms with Crippen molar-refractivity contribution in [1.29, 1.82) is 0 Å². The Kier molecular flexibility index (Phi) is 5.16. The molecule has 0 saturated carbocycles. The smallest absolute Gasteiger partial charge is 0.410 e. The molecule has 0 spiro atoms. The van der Waals surface area contributed by atoms with E-state index in [1.165, 1.54) is 7.11 Å². The lowest BCUT2D eigenvalue weighted by molar-refractivity contribution is -0.145. The molecule has 0 aromatic heterocycles. The molecule has 2 rings (SSSR count). The van der Waals surface area contributed by atoms with E-state index < -0.39 is 11.5 Å². The van der Waals surface area contributed by atoms with Crippen molar-refractivity contribution in [3.8, 4) is 0 Å². The summed E-state index contributed by atoms with van der Waals surface area (Å²) in [6, 6.07) is -0.0570. The molecule has 0 aromatic rings. The van der Waals surface area contributed by atoms with Crippen LogP contribution in [0.2, 0.25) is 0 Å². The van der Waals surface area contributed by atoms with E-state index in [1.54, 1.807) is 9.80 Å². The monoisotopic (exact) mass is 326 g/mol. The predicted molar refractivity (Wildman–Crippen MR) is 82.7 cm³/mol. The fraction of sp³-hybridized carbons (Fsp3) is 0.812. The van der Waals surface area contributed by atoms with Crippen LogP contribution in [-0.2, 0) is 19.1 Å². The summed E-state index contributed by atoms with van der Waals surface area (Å²) in [6.45, 7) is 6.95. The topological polar surface area (TPSA) is 76.2 Å². The van der Waals surface area contributed by atoms with Gasteiger partial charge in [0.25, 0.3) is 0 Å². The van der Waals surface area contributed by atoms with E-state index in [1.807, 2.05) is 20.8 Å². The zero-order valence-electron chi connectivity index (χ0n) is 14.3. The van der Waals surface area contributed by atoms with Gasteiger partial charge in [-0.3, -0.25) is 9.59 Å². The first-order valence-corrected chi connectivity index (χ1v) is 8.06. The van der Waals surface area contributed by atoms with Gasteiger partial charge in [-0.15, -0.1) is 0 Å². The summed E-state index contributed by atoms with van der Waals surface area (Å²) in [7, 11) is 1.33. The minimum atomic E-state index is -0.538. The highest BCUT2D eigenvalue weighted by Gasteiger charge is 2.40. The minimum absolute atomic E-state index is 0.0450. The van der Waals surface area contributed by atoms with Gasteiger partial charge >= 0.3 is 12.1 Å². The number of hydrogen-bond donors (Lipinski definition) is 0. The van der Waals surface area contributed by atoms with Crippen molar-refractivity contribution < 1.29 is 23.9 Å². The summed E-state index contributed by atoms with van der Waals surface area (Å²) >= 11 is 0. The number of likely N-dealkylation sites (tertiary alicyclic amines) is 2. The molecule has 2 saturated heterocycles. The van der Waals surface area contributed by atoms with Crippen LogP contribution in [0, 0.1) is 5.92 Å². The van der Waals surface area contributed by atoms with Gasteiger partial charge in [0.15, 0.2) is 0 Å². The molecule has 1 unspecified atom stereocenters. The van der Waals surface area contributed by atoms with Crippen LogP contribution >= 0.6 is 0 Å². The van der Waals surface area contributed by atoms with Gasteiger partial charge in [-0.25, -0.2) is 4.79 Å². The van der Waals surface area contributed by atoms with Crippen LogP contribution in [0.1, 0.15) is 40.0 Å². The van der Waals surface area contributed by atoms with E-state index in [4.69, 9.17) is 9.47 Å². The van der Waals surface area contributed by atoms with Crippen LogP contribution in [0.5, 0.6) is 0 Å². The first kappa shape index (κ1) is 17.6. The zero-order chi connectivity index (χ0) is 17.2. The van der Waals surface area contributed by atoms with Gasteiger partial charge in [0, 0.05) is 32.1 Å². The van der Waals surface area contributed by atoms with Gasteiger partial charge < -0.3 is 19.3 Å². The number of esters is 1. The molecule has 7 heteroatoms. The number of carbonyl (C=O) groups is 3. The number of carbonyl (C=O) groups excluding carboxylic acids is 3. The maximum Gasteiger partial charge on any atom is 0.410 e. The van der Waals surface area contributed by atoms with E-state index in [-0.39, 0.29) is 30.4 Å². The second-order valence-corrected chi connectivity index (χ2v) is 7.19. The van der Waals surface area contributed by atoms with Crippen LogP contribution in [0.15, 0.2) is 0 Å². The summed E-state index contributed by atoms with van der Waals surface area (Å²) in [6.07, 6.45) is 1.49. The van der Waals surface area contributed by atoms with Gasteiger partial charge in [-0.1, -0.05) is 0 Å². The SMILES string of the molecule is COC(=O)C1CC(=O)N([C@@H]2CCCN(C(=O)OC(C)(C)C)C2)C1. The largest absolute Gasteiger partial charge is 0.469 e. The third kappa shape index (κ3) is 4.36. The molecule has 2 aliphatic rings. The summed E-state index contributed by atoms with van der Waals surface area (Å²) in [4.78, 5) is 39.4. The Labute approximate surface area is 136 Å². The summed E-state index contributed by atoms with van der Waals surface area (Å²) in [5.74, 6) is -0.790. The number of nitrogens with zero attached hydrogens (tertiary/aromatic N) is 2. The number of amides is 2. The lowest BCUT2D eigenvalue weighted by Crippen LogP contribution is -2.51. The third-order valence-electron chi connectivity index (χ3n) is 4.18. The van der Waals surface area contributed by atoms with Crippen LogP contribution in [0.3, 0.4) is 0 Å². The summed E-state index contributed by atoms with van der Waals surface area (Å²) in [5, 5.41) is 0. The van der Waals surface area contributed by atoms with Crippen molar-refractivity contribution >= 4 is 18.0 Å². The lowest BCUT2D eigenvalue weighted by Gasteiger charge is -2.38. The molecule has 2 amide bonds. The fourth-order valence-corrected chi connectivity index (χ4v) is 3.11. The van der Waals surface area contributed by atoms with Crippen LogP contribution in [0.4, 0.5) is 4.79 Å². The maximum atomic E-state index is 12.2. The first-order valence-electron chi connectivity index (χ1n) is 8.06. The molecular formula is C16H26N2O5. The average molecular weight is 326 g/mol. The van der Waals surface area contributed by atoms with E-state index in [0.717, 1.165) is 12.8 Å². The standard InChI is InChI=1S/C16H26N2O5/c1-16(2,3)23-15(21)17-7-5-6-12(10-17)18-9-11(8-13(18)19)14(20)22-4/h11-12H,5-10H2,1-4H3/t11?,12-/m1/s1. The molecule has 7 nitrogen and oxygen atoms in total. The predicted octanol–water partition coefficient (Wildman–Crippen LogP) is 1.41. The van der Waals surface area contributed by atoms with Crippen molar-refractivity contribution in [3.63, 3.8) is 0 Å². The van der Waals surface area contributed by atoms with Gasteiger partial charge in [0.05, 0.1) is 13.0 Å². The lowest BCUT2D eigenvalue weighted by atomic mass is 10.0. The highest BCUT2D eigenvalue weighted by molar-refractivity contribution is 5.87. The number of methoxy groups -OCH3 is 1. The molecule has 0 N–H and O–H groups in total. The van der Waals surface area contributed by atoms with Crippen molar-refractivity contribution in [3.05, 3.63) is 0 Å². The van der Waals surface area contributed by atoms with Gasteiger partial charge in [0.1, 0.15) is 5.60 Å². The summed E-state index contributed by atoms with van der Waals surface area (Å²) < 4.78 is 10.1. The quantitative estimate of drug-likeness (QED) is 0.717. The highest BCUT2D eigenvalue weighted by Crippen LogP contribution is 2.26. The van der Waals surface area contributed by atoms with Crippen molar-refractivity contribution in [2.24, 2.45) is 5.92 Å². The van der Waals surface area contributed by atoms with E-state index in [2.05, 4.69) is 0 Å². The highest BCUT2D eigenvalue weighted by atomic mass is 16.6. The Bertz CT molecular complexity index is 485. The zero-order valence-corrected chi connectivity index (χ0v) is 14.3. The Morgan fingerprint density at radius 2 is 1.91 bits per heavy atom. The molecule has 2 aliphatic heterocycles. The molecule has 2 atom stereocenters. The average Bonchev–Trinajstić information content (AvgIpc) is 2.87. The Morgan fingerprint density at radius 1 is 1.22 bits per heavy atom. The van der Waals surface area contributed by atoms with Gasteiger partial charge in [0.2, 0.25) is 5.91 Å². The Morgan fingerprint density at radius 3 is 2.52 bits per heavy atom. The third-order valence-corrected chi connectivity index (χ3v) is 4.18. The second-order valence-electron chi connectivity index (χ2n) is 7.19. The van der Waals surface area contributed by atoms with Crippen LogP contribution < -0.4 is 0 Å². The van der Waals surface area contributed by atoms with Gasteiger partial charge in [-0.05, 0) is 33.6 Å². The fourth-order valence-electron chi connectivity index (χ4n) is 3.11. The Balaban J connectivity index is 1.97. The van der Waals surface area contributed by atoms with E-state index in [9.17, 15) is 14.4 Å². The van der Waals surface area contributed by atoms with E-state index in [0.29, 0.717) is 19.6 Å². The molecule has 130 valence electrons.